The first-order valence-electron chi connectivity index (χ1n) is 9.26. The van der Waals surface area contributed by atoms with Crippen LogP contribution in [0.3, 0.4) is 0 Å². The molecule has 1 saturated heterocycles. The van der Waals surface area contributed by atoms with Gasteiger partial charge in [0.2, 0.25) is 15.9 Å². The van der Waals surface area contributed by atoms with Gasteiger partial charge in [0, 0.05) is 31.7 Å². The number of carbonyl (C=O) groups excluding carboxylic acids is 2. The third-order valence-corrected chi connectivity index (χ3v) is 6.73. The molecule has 0 unspecified atom stereocenters. The number of nitrogens with one attached hydrogen (secondary N) is 1. The van der Waals surface area contributed by atoms with Crippen molar-refractivity contribution in [2.24, 2.45) is 0 Å². The van der Waals surface area contributed by atoms with E-state index < -0.39 is 26.6 Å². The van der Waals surface area contributed by atoms with Gasteiger partial charge in [-0.05, 0) is 37.3 Å². The van der Waals surface area contributed by atoms with Gasteiger partial charge in [0.25, 0.3) is 5.91 Å². The molecule has 0 bridgehead atoms. The zero-order chi connectivity index (χ0) is 21.9. The van der Waals surface area contributed by atoms with Crippen LogP contribution in [0.15, 0.2) is 47.4 Å². The summed E-state index contributed by atoms with van der Waals surface area (Å²) < 4.78 is 53.5. The number of piperazine rings is 1. The summed E-state index contributed by atoms with van der Waals surface area (Å²) in [5.74, 6) is -2.63. The number of benzene rings is 2. The Morgan fingerprint density at radius 3 is 2.27 bits per heavy atom. The highest BCUT2D eigenvalue weighted by Gasteiger charge is 2.32. The Hall–Kier alpha value is -2.85. The normalized spacial score (nSPS) is 15.1. The van der Waals surface area contributed by atoms with Gasteiger partial charge in [-0.2, -0.15) is 4.31 Å². The molecule has 7 nitrogen and oxygen atoms in total. The van der Waals surface area contributed by atoms with Crippen LogP contribution in [-0.4, -0.2) is 62.2 Å². The van der Waals surface area contributed by atoms with Crippen molar-refractivity contribution in [3.63, 3.8) is 0 Å². The van der Waals surface area contributed by atoms with E-state index in [1.54, 1.807) is 24.3 Å². The van der Waals surface area contributed by atoms with Gasteiger partial charge in [0.05, 0.1) is 6.54 Å². The maximum absolute atomic E-state index is 13.9. The number of halogens is 2. The smallest absolute Gasteiger partial charge is 0.251 e. The summed E-state index contributed by atoms with van der Waals surface area (Å²) in [7, 11) is -4.22. The maximum Gasteiger partial charge on any atom is 0.251 e. The van der Waals surface area contributed by atoms with Gasteiger partial charge in [-0.3, -0.25) is 9.59 Å². The molecule has 1 heterocycles. The molecular weight excluding hydrogens is 416 g/mol. The van der Waals surface area contributed by atoms with E-state index in [1.807, 2.05) is 6.92 Å². The van der Waals surface area contributed by atoms with Gasteiger partial charge in [-0.25, -0.2) is 17.2 Å². The molecule has 0 radical (unpaired) electrons. The minimum atomic E-state index is -4.22. The predicted octanol–water partition coefficient (Wildman–Crippen LogP) is 1.54. The number of aryl methyl sites for hydroxylation is 1. The van der Waals surface area contributed by atoms with Crippen molar-refractivity contribution in [2.45, 2.75) is 11.8 Å². The van der Waals surface area contributed by atoms with Crippen LogP contribution in [-0.2, 0) is 14.8 Å². The summed E-state index contributed by atoms with van der Waals surface area (Å²) in [5.41, 5.74) is 1.44. The molecule has 0 spiro atoms. The van der Waals surface area contributed by atoms with Crippen molar-refractivity contribution in [2.75, 3.05) is 32.7 Å². The number of nitrogens with zero attached hydrogens (tertiary/aromatic N) is 2. The molecule has 0 atom stereocenters. The van der Waals surface area contributed by atoms with Crippen LogP contribution in [0.2, 0.25) is 0 Å². The van der Waals surface area contributed by atoms with E-state index in [-0.39, 0.29) is 44.5 Å². The van der Waals surface area contributed by atoms with Crippen molar-refractivity contribution in [3.05, 3.63) is 65.2 Å². The van der Waals surface area contributed by atoms with Crippen molar-refractivity contribution in [1.29, 1.82) is 0 Å². The van der Waals surface area contributed by atoms with E-state index in [1.165, 1.54) is 4.90 Å². The molecule has 0 saturated carbocycles. The monoisotopic (exact) mass is 437 g/mol. The molecule has 30 heavy (non-hydrogen) atoms. The zero-order valence-corrected chi connectivity index (χ0v) is 17.1. The van der Waals surface area contributed by atoms with E-state index in [0.29, 0.717) is 11.6 Å². The molecule has 1 fully saturated rings. The maximum atomic E-state index is 13.9. The summed E-state index contributed by atoms with van der Waals surface area (Å²) >= 11 is 0. The standard InChI is InChI=1S/C20H21F2N3O4S/c1-14-2-4-15(5-3-14)20(27)23-13-19(26)24-8-10-25(11-9-24)30(28,29)18-12-16(21)6-7-17(18)22/h2-7,12H,8-11,13H2,1H3,(H,23,27). The lowest BCUT2D eigenvalue weighted by Crippen LogP contribution is -2.52. The predicted molar refractivity (Wildman–Crippen MR) is 105 cm³/mol. The number of amides is 2. The lowest BCUT2D eigenvalue weighted by molar-refractivity contribution is -0.131. The molecule has 0 aromatic heterocycles. The molecule has 0 aliphatic carbocycles. The van der Waals surface area contributed by atoms with Crippen LogP contribution in [0, 0.1) is 18.6 Å². The third kappa shape index (κ3) is 4.82. The van der Waals surface area contributed by atoms with E-state index >= 15 is 0 Å². The van der Waals surface area contributed by atoms with Crippen LogP contribution < -0.4 is 5.32 Å². The van der Waals surface area contributed by atoms with Crippen molar-refractivity contribution < 1.29 is 26.8 Å². The van der Waals surface area contributed by atoms with Crippen molar-refractivity contribution in [3.8, 4) is 0 Å². The lowest BCUT2D eigenvalue weighted by Gasteiger charge is -2.34. The summed E-state index contributed by atoms with van der Waals surface area (Å²) in [6, 6.07) is 9.14. The molecule has 1 aliphatic heterocycles. The van der Waals surface area contributed by atoms with Crippen LogP contribution in [0.1, 0.15) is 15.9 Å². The minimum Gasteiger partial charge on any atom is -0.343 e. The molecule has 1 aliphatic rings. The Bertz CT molecular complexity index is 1050. The first-order valence-corrected chi connectivity index (χ1v) is 10.7. The molecule has 2 aromatic carbocycles. The summed E-state index contributed by atoms with van der Waals surface area (Å²) in [4.78, 5) is 25.1. The van der Waals surface area contributed by atoms with Crippen molar-refractivity contribution in [1.82, 2.24) is 14.5 Å². The summed E-state index contributed by atoms with van der Waals surface area (Å²) in [5, 5.41) is 2.54. The fourth-order valence-electron chi connectivity index (χ4n) is 3.07. The lowest BCUT2D eigenvalue weighted by atomic mass is 10.1. The third-order valence-electron chi connectivity index (χ3n) is 4.82. The number of sulfonamides is 1. The fraction of sp³-hybridized carbons (Fsp3) is 0.300. The minimum absolute atomic E-state index is 0.0596. The Morgan fingerprint density at radius 2 is 1.63 bits per heavy atom. The van der Waals surface area contributed by atoms with Gasteiger partial charge >= 0.3 is 0 Å². The summed E-state index contributed by atoms with van der Waals surface area (Å²) in [6.07, 6.45) is 0. The Labute approximate surface area is 173 Å². The Kier molecular flexibility index (Phi) is 6.47. The number of rotatable bonds is 5. The molecule has 2 amide bonds. The van der Waals surface area contributed by atoms with E-state index in [0.717, 1.165) is 22.0 Å². The first kappa shape index (κ1) is 21.8. The largest absolute Gasteiger partial charge is 0.343 e. The van der Waals surface area contributed by atoms with E-state index in [4.69, 9.17) is 0 Å². The highest BCUT2D eigenvalue weighted by Crippen LogP contribution is 2.21. The number of carbonyl (C=O) groups is 2. The van der Waals surface area contributed by atoms with E-state index in [2.05, 4.69) is 5.32 Å². The van der Waals surface area contributed by atoms with Gasteiger partial charge in [-0.15, -0.1) is 0 Å². The zero-order valence-electron chi connectivity index (χ0n) is 16.3. The molecule has 1 N–H and O–H groups in total. The quantitative estimate of drug-likeness (QED) is 0.769. The van der Waals surface area contributed by atoms with Gasteiger partial charge in [0.15, 0.2) is 0 Å². The van der Waals surface area contributed by atoms with Gasteiger partial charge in [-0.1, -0.05) is 17.7 Å². The van der Waals surface area contributed by atoms with E-state index in [9.17, 15) is 26.8 Å². The highest BCUT2D eigenvalue weighted by molar-refractivity contribution is 7.89. The van der Waals surface area contributed by atoms with Gasteiger partial charge < -0.3 is 10.2 Å². The molecular formula is C20H21F2N3O4S. The molecule has 3 rings (SSSR count). The second-order valence-electron chi connectivity index (χ2n) is 6.91. The second kappa shape index (κ2) is 8.88. The second-order valence-corrected chi connectivity index (χ2v) is 8.81. The fourth-order valence-corrected chi connectivity index (χ4v) is 4.56. The average Bonchev–Trinajstić information content (AvgIpc) is 2.74. The highest BCUT2D eigenvalue weighted by atomic mass is 32.2. The van der Waals surface area contributed by atoms with Crippen LogP contribution in [0.25, 0.3) is 0 Å². The van der Waals surface area contributed by atoms with Crippen LogP contribution in [0.5, 0.6) is 0 Å². The Balaban J connectivity index is 1.55. The van der Waals surface area contributed by atoms with Crippen LogP contribution >= 0.6 is 0 Å². The summed E-state index contributed by atoms with van der Waals surface area (Å²) in [6.45, 7) is 1.71. The molecule has 10 heteroatoms. The number of hydrogen-bond donors (Lipinski definition) is 1. The van der Waals surface area contributed by atoms with Crippen molar-refractivity contribution >= 4 is 21.8 Å². The van der Waals surface area contributed by atoms with Crippen LogP contribution in [0.4, 0.5) is 8.78 Å². The number of hydrogen-bond acceptors (Lipinski definition) is 4. The topological polar surface area (TPSA) is 86.8 Å². The van der Waals surface area contributed by atoms with Gasteiger partial charge in [0.1, 0.15) is 16.5 Å². The molecule has 2 aromatic rings. The Morgan fingerprint density at radius 1 is 1.00 bits per heavy atom. The SMILES string of the molecule is Cc1ccc(C(=O)NCC(=O)N2CCN(S(=O)(=O)c3cc(F)ccc3F)CC2)cc1. The molecule has 160 valence electrons. The average molecular weight is 437 g/mol. The first-order chi connectivity index (χ1) is 14.2.